The topological polar surface area (TPSA) is 17.3 Å². The highest BCUT2D eigenvalue weighted by molar-refractivity contribution is 6.12. The molecule has 0 fully saturated rings. The van der Waals surface area contributed by atoms with E-state index in [0.717, 1.165) is 27.7 Å². The van der Waals surface area contributed by atoms with E-state index in [1.165, 1.54) is 6.07 Å². The number of rotatable bonds is 1. The molecule has 0 aliphatic heterocycles. The van der Waals surface area contributed by atoms with Crippen molar-refractivity contribution in [2.75, 3.05) is 0 Å². The number of fused-ring (bicyclic) bond motifs is 6. The van der Waals surface area contributed by atoms with E-state index in [1.54, 1.807) is 19.2 Å². The van der Waals surface area contributed by atoms with Crippen molar-refractivity contribution in [3.8, 4) is 11.3 Å². The maximum absolute atomic E-state index is 13.8. The number of para-hydroxylation sites is 1. The van der Waals surface area contributed by atoms with Gasteiger partial charge < -0.3 is 0 Å². The maximum Gasteiger partial charge on any atom is 0.417 e. The van der Waals surface area contributed by atoms with Gasteiger partial charge in [-0.05, 0) is 30.0 Å². The molecule has 2 heterocycles. The third-order valence-corrected chi connectivity index (χ3v) is 5.20. The Morgan fingerprint density at radius 2 is 1.46 bits per heavy atom. The van der Waals surface area contributed by atoms with Crippen molar-refractivity contribution in [2.24, 2.45) is 0 Å². The molecule has 0 atom stereocenters. The summed E-state index contributed by atoms with van der Waals surface area (Å²) in [6.45, 7) is 1.70. The number of benzene rings is 3. The van der Waals surface area contributed by atoms with E-state index >= 15 is 0 Å². The fourth-order valence-corrected chi connectivity index (χ4v) is 4.02. The van der Waals surface area contributed by atoms with Crippen LogP contribution in [-0.2, 0) is 6.18 Å². The lowest BCUT2D eigenvalue weighted by molar-refractivity contribution is -0.137. The monoisotopic (exact) mass is 376 g/mol. The second-order valence-electron chi connectivity index (χ2n) is 6.86. The van der Waals surface area contributed by atoms with Crippen LogP contribution in [0.25, 0.3) is 38.6 Å². The Labute approximate surface area is 158 Å². The Hall–Kier alpha value is -3.34. The van der Waals surface area contributed by atoms with Gasteiger partial charge in [0.25, 0.3) is 0 Å². The van der Waals surface area contributed by atoms with E-state index in [9.17, 15) is 13.2 Å². The van der Waals surface area contributed by atoms with Crippen LogP contribution in [0.1, 0.15) is 11.1 Å². The van der Waals surface area contributed by atoms with Crippen LogP contribution >= 0.6 is 0 Å². The zero-order valence-electron chi connectivity index (χ0n) is 15.0. The number of nitrogens with zero attached hydrogens (tertiary/aromatic N) is 2. The fraction of sp³-hybridized carbons (Fsp3) is 0.0870. The van der Waals surface area contributed by atoms with Gasteiger partial charge in [0, 0.05) is 16.3 Å². The Bertz CT molecular complexity index is 1360. The van der Waals surface area contributed by atoms with Gasteiger partial charge in [0.1, 0.15) is 5.65 Å². The first kappa shape index (κ1) is 16.8. The molecule has 2 nitrogen and oxygen atoms in total. The number of halogens is 3. The molecule has 2 aromatic heterocycles. The Balaban J connectivity index is 2.01. The molecule has 0 bridgehead atoms. The lowest BCUT2D eigenvalue weighted by Crippen LogP contribution is -2.09. The molecule has 0 spiro atoms. The van der Waals surface area contributed by atoms with Crippen LogP contribution in [0, 0.1) is 6.92 Å². The molecule has 0 radical (unpaired) electrons. The Kier molecular flexibility index (Phi) is 3.50. The van der Waals surface area contributed by atoms with Crippen molar-refractivity contribution >= 4 is 27.3 Å². The molecular formula is C23H15F3N2. The first-order valence-corrected chi connectivity index (χ1v) is 8.91. The molecule has 138 valence electrons. The van der Waals surface area contributed by atoms with Crippen LogP contribution in [0.4, 0.5) is 13.2 Å². The molecule has 5 rings (SSSR count). The SMILES string of the molecule is Cc1cccc(C(F)(F)F)c1-c1cnc2c3ccccc3c3ccccc3n12. The van der Waals surface area contributed by atoms with Crippen molar-refractivity contribution in [3.63, 3.8) is 0 Å². The summed E-state index contributed by atoms with van der Waals surface area (Å²) in [6.07, 6.45) is -2.90. The summed E-state index contributed by atoms with van der Waals surface area (Å²) >= 11 is 0. The van der Waals surface area contributed by atoms with E-state index < -0.39 is 11.7 Å². The fourth-order valence-electron chi connectivity index (χ4n) is 4.02. The van der Waals surface area contributed by atoms with Gasteiger partial charge in [0.05, 0.1) is 23.0 Å². The second kappa shape index (κ2) is 5.83. The second-order valence-corrected chi connectivity index (χ2v) is 6.86. The standard InChI is InChI=1S/C23H15F3N2/c1-14-7-6-11-18(23(24,25)26)21(14)20-13-27-22-17-10-3-2-8-15(17)16-9-4-5-12-19(16)28(20)22/h2-13H,1H3. The lowest BCUT2D eigenvalue weighted by Gasteiger charge is -2.16. The first-order chi connectivity index (χ1) is 13.5. The van der Waals surface area contributed by atoms with E-state index in [2.05, 4.69) is 4.98 Å². The van der Waals surface area contributed by atoms with Gasteiger partial charge in [-0.15, -0.1) is 0 Å². The molecule has 0 aliphatic rings. The summed E-state index contributed by atoms with van der Waals surface area (Å²) in [7, 11) is 0. The van der Waals surface area contributed by atoms with Crippen molar-refractivity contribution in [2.45, 2.75) is 13.1 Å². The van der Waals surface area contributed by atoms with Crippen LogP contribution in [0.15, 0.2) is 72.9 Å². The predicted molar refractivity (Wildman–Crippen MR) is 105 cm³/mol. The molecule has 0 aliphatic carbocycles. The van der Waals surface area contributed by atoms with Gasteiger partial charge in [-0.2, -0.15) is 13.2 Å². The average Bonchev–Trinajstić information content (AvgIpc) is 3.12. The number of imidazole rings is 1. The van der Waals surface area contributed by atoms with Gasteiger partial charge in [-0.25, -0.2) is 4.98 Å². The normalized spacial score (nSPS) is 12.3. The van der Waals surface area contributed by atoms with Gasteiger partial charge in [0.2, 0.25) is 0 Å². The highest BCUT2D eigenvalue weighted by Gasteiger charge is 2.35. The summed E-state index contributed by atoms with van der Waals surface area (Å²) in [4.78, 5) is 4.53. The molecule has 5 heteroatoms. The molecule has 5 aromatic rings. The highest BCUT2D eigenvalue weighted by atomic mass is 19.4. The predicted octanol–water partition coefficient (Wildman–Crippen LogP) is 6.63. The maximum atomic E-state index is 13.8. The zero-order chi connectivity index (χ0) is 19.5. The molecule has 0 saturated carbocycles. The molecule has 3 aromatic carbocycles. The van der Waals surface area contributed by atoms with E-state index in [-0.39, 0.29) is 5.56 Å². The number of alkyl halides is 3. The largest absolute Gasteiger partial charge is 0.417 e. The first-order valence-electron chi connectivity index (χ1n) is 8.91. The van der Waals surface area contributed by atoms with Gasteiger partial charge in [-0.1, -0.05) is 54.6 Å². The minimum Gasteiger partial charge on any atom is -0.292 e. The van der Waals surface area contributed by atoms with Crippen molar-refractivity contribution in [1.82, 2.24) is 9.38 Å². The summed E-state index contributed by atoms with van der Waals surface area (Å²) in [5, 5.41) is 2.92. The van der Waals surface area contributed by atoms with Crippen molar-refractivity contribution in [1.29, 1.82) is 0 Å². The smallest absolute Gasteiger partial charge is 0.292 e. The van der Waals surface area contributed by atoms with Crippen LogP contribution in [0.2, 0.25) is 0 Å². The quantitative estimate of drug-likeness (QED) is 0.300. The van der Waals surface area contributed by atoms with Gasteiger partial charge in [-0.3, -0.25) is 4.40 Å². The summed E-state index contributed by atoms with van der Waals surface area (Å²) in [6, 6.07) is 19.9. The zero-order valence-corrected chi connectivity index (χ0v) is 15.0. The molecule has 0 amide bonds. The average molecular weight is 376 g/mol. The number of aromatic nitrogens is 2. The minimum atomic E-state index is -4.45. The Morgan fingerprint density at radius 1 is 0.786 bits per heavy atom. The van der Waals surface area contributed by atoms with Crippen molar-refractivity contribution < 1.29 is 13.2 Å². The van der Waals surface area contributed by atoms with Crippen LogP contribution in [0.5, 0.6) is 0 Å². The molecule has 0 saturated heterocycles. The molecule has 0 N–H and O–H groups in total. The molecular weight excluding hydrogens is 361 g/mol. The number of aryl methyl sites for hydroxylation is 1. The van der Waals surface area contributed by atoms with Crippen LogP contribution in [-0.4, -0.2) is 9.38 Å². The van der Waals surface area contributed by atoms with E-state index in [4.69, 9.17) is 0 Å². The number of pyridine rings is 1. The number of hydrogen-bond acceptors (Lipinski definition) is 1. The third-order valence-electron chi connectivity index (χ3n) is 5.20. The third kappa shape index (κ3) is 2.32. The lowest BCUT2D eigenvalue weighted by atomic mass is 9.98. The highest BCUT2D eigenvalue weighted by Crippen LogP contribution is 2.40. The summed E-state index contributed by atoms with van der Waals surface area (Å²) < 4.78 is 43.1. The van der Waals surface area contributed by atoms with Gasteiger partial charge in [0.15, 0.2) is 0 Å². The van der Waals surface area contributed by atoms with E-state index in [0.29, 0.717) is 16.9 Å². The van der Waals surface area contributed by atoms with Crippen LogP contribution in [0.3, 0.4) is 0 Å². The molecule has 28 heavy (non-hydrogen) atoms. The Morgan fingerprint density at radius 3 is 2.21 bits per heavy atom. The molecule has 0 unspecified atom stereocenters. The minimum absolute atomic E-state index is 0.169. The van der Waals surface area contributed by atoms with Gasteiger partial charge >= 0.3 is 6.18 Å². The summed E-state index contributed by atoms with van der Waals surface area (Å²) in [5.41, 5.74) is 2.02. The number of hydrogen-bond donors (Lipinski definition) is 0. The van der Waals surface area contributed by atoms with Crippen LogP contribution < -0.4 is 0 Å². The van der Waals surface area contributed by atoms with E-state index in [1.807, 2.05) is 52.9 Å². The summed E-state index contributed by atoms with van der Waals surface area (Å²) in [5.74, 6) is 0. The van der Waals surface area contributed by atoms with Crippen molar-refractivity contribution in [3.05, 3.63) is 84.1 Å².